The van der Waals surface area contributed by atoms with Gasteiger partial charge in [0.2, 0.25) is 10.0 Å². The Kier molecular flexibility index (Phi) is 6.28. The van der Waals surface area contributed by atoms with Crippen LogP contribution >= 0.6 is 0 Å². The van der Waals surface area contributed by atoms with Crippen molar-refractivity contribution >= 4 is 16.0 Å². The molecule has 0 fully saturated rings. The van der Waals surface area contributed by atoms with Crippen molar-refractivity contribution < 1.29 is 17.9 Å². The molecule has 6 nitrogen and oxygen atoms in total. The molecule has 0 amide bonds. The molecule has 25 heavy (non-hydrogen) atoms. The van der Waals surface area contributed by atoms with Crippen LogP contribution in [-0.2, 0) is 26.1 Å². The van der Waals surface area contributed by atoms with E-state index in [1.54, 1.807) is 24.3 Å². The minimum absolute atomic E-state index is 0.0380. The fraction of sp³-hybridized carbons (Fsp3) is 0.222. The van der Waals surface area contributed by atoms with Crippen molar-refractivity contribution in [2.45, 2.75) is 17.9 Å². The van der Waals surface area contributed by atoms with E-state index in [0.717, 1.165) is 5.56 Å². The van der Waals surface area contributed by atoms with Crippen molar-refractivity contribution in [3.8, 4) is 6.07 Å². The second kappa shape index (κ2) is 8.42. The monoisotopic (exact) mass is 358 g/mol. The average Bonchev–Trinajstić information content (AvgIpc) is 2.65. The van der Waals surface area contributed by atoms with Gasteiger partial charge in [0.15, 0.2) is 0 Å². The molecule has 130 valence electrons. The highest BCUT2D eigenvalue weighted by atomic mass is 32.2. The third-order valence-electron chi connectivity index (χ3n) is 3.62. The topological polar surface area (TPSA) is 87.5 Å². The van der Waals surface area contributed by atoms with E-state index in [4.69, 9.17) is 0 Å². The molecule has 0 radical (unpaired) electrons. The molecule has 0 aromatic heterocycles. The van der Waals surface area contributed by atoms with Gasteiger partial charge < -0.3 is 4.74 Å². The number of rotatable bonds is 7. The highest BCUT2D eigenvalue weighted by Gasteiger charge is 2.27. The zero-order valence-corrected chi connectivity index (χ0v) is 14.6. The predicted molar refractivity (Wildman–Crippen MR) is 91.8 cm³/mol. The Bertz CT molecular complexity index is 873. The first-order valence-electron chi connectivity index (χ1n) is 7.59. The number of sulfonamides is 1. The third-order valence-corrected chi connectivity index (χ3v) is 5.52. The molecule has 0 unspecified atom stereocenters. The Morgan fingerprint density at radius 1 is 1.12 bits per heavy atom. The Morgan fingerprint density at radius 2 is 1.76 bits per heavy atom. The summed E-state index contributed by atoms with van der Waals surface area (Å²) < 4.78 is 31.9. The Hall–Kier alpha value is -2.69. The molecule has 0 atom stereocenters. The van der Waals surface area contributed by atoms with Gasteiger partial charge in [-0.2, -0.15) is 9.57 Å². The lowest BCUT2D eigenvalue weighted by Crippen LogP contribution is -2.33. The number of carbonyl (C=O) groups excluding carboxylic acids is 1. The summed E-state index contributed by atoms with van der Waals surface area (Å²) >= 11 is 0. The molecule has 0 saturated carbocycles. The van der Waals surface area contributed by atoms with Gasteiger partial charge in [-0.05, 0) is 17.7 Å². The predicted octanol–water partition coefficient (Wildman–Crippen LogP) is 2.31. The smallest absolute Gasteiger partial charge is 0.306 e. The number of benzene rings is 2. The highest BCUT2D eigenvalue weighted by molar-refractivity contribution is 7.89. The van der Waals surface area contributed by atoms with Crippen molar-refractivity contribution in [2.75, 3.05) is 13.7 Å². The van der Waals surface area contributed by atoms with Gasteiger partial charge in [-0.25, -0.2) is 8.42 Å². The van der Waals surface area contributed by atoms with Crippen LogP contribution in [0, 0.1) is 11.3 Å². The van der Waals surface area contributed by atoms with Gasteiger partial charge >= 0.3 is 5.97 Å². The van der Waals surface area contributed by atoms with Crippen LogP contribution in [0.1, 0.15) is 17.5 Å². The van der Waals surface area contributed by atoms with Crippen molar-refractivity contribution in [3.63, 3.8) is 0 Å². The van der Waals surface area contributed by atoms with E-state index in [0.29, 0.717) is 0 Å². The lowest BCUT2D eigenvalue weighted by atomic mass is 10.2. The van der Waals surface area contributed by atoms with Crippen LogP contribution < -0.4 is 0 Å². The first-order valence-corrected chi connectivity index (χ1v) is 9.03. The minimum Gasteiger partial charge on any atom is -0.469 e. The number of carbonyl (C=O) groups is 1. The average molecular weight is 358 g/mol. The molecule has 0 bridgehead atoms. The lowest BCUT2D eigenvalue weighted by molar-refractivity contribution is -0.140. The maximum Gasteiger partial charge on any atom is 0.306 e. The standard InChI is InChI=1S/C18H18N2O4S/c1-24-18(21)11-12-20(14-15-7-3-2-4-8-15)25(22,23)17-10-6-5-9-16(17)13-19/h2-10H,11-12,14H2,1H3. The summed E-state index contributed by atoms with van der Waals surface area (Å²) in [5.41, 5.74) is 0.851. The maximum absolute atomic E-state index is 13.0. The number of hydrogen-bond acceptors (Lipinski definition) is 5. The molecular formula is C18H18N2O4S. The number of nitriles is 1. The van der Waals surface area contributed by atoms with Gasteiger partial charge in [-0.3, -0.25) is 4.79 Å². The molecule has 2 aromatic carbocycles. The van der Waals surface area contributed by atoms with Crippen LogP contribution in [-0.4, -0.2) is 32.3 Å². The largest absolute Gasteiger partial charge is 0.469 e. The number of ether oxygens (including phenoxy) is 1. The Morgan fingerprint density at radius 3 is 2.40 bits per heavy atom. The zero-order chi connectivity index (χ0) is 18.3. The summed E-state index contributed by atoms with van der Waals surface area (Å²) in [5.74, 6) is -0.498. The molecule has 0 saturated heterocycles. The Labute approximate surface area is 147 Å². The molecule has 0 aliphatic carbocycles. The van der Waals surface area contributed by atoms with Gasteiger partial charge in [0.25, 0.3) is 0 Å². The molecule has 0 N–H and O–H groups in total. The molecule has 7 heteroatoms. The number of esters is 1. The van der Waals surface area contributed by atoms with Crippen LogP contribution in [0.25, 0.3) is 0 Å². The Balaban J connectivity index is 2.38. The second-order valence-electron chi connectivity index (χ2n) is 5.26. The molecule has 2 aromatic rings. The number of methoxy groups -OCH3 is 1. The number of nitrogens with zero attached hydrogens (tertiary/aromatic N) is 2. The van der Waals surface area contributed by atoms with Gasteiger partial charge in [0.1, 0.15) is 6.07 Å². The third kappa shape index (κ3) is 4.66. The number of hydrogen-bond donors (Lipinski definition) is 0. The quantitative estimate of drug-likeness (QED) is 0.709. The van der Waals surface area contributed by atoms with E-state index in [1.165, 1.54) is 23.5 Å². The summed E-state index contributed by atoms with van der Waals surface area (Å²) in [6.45, 7) is 0.0591. The first kappa shape index (κ1) is 18.6. The van der Waals surface area contributed by atoms with E-state index in [1.807, 2.05) is 24.3 Å². The van der Waals surface area contributed by atoms with Crippen LogP contribution in [0.2, 0.25) is 0 Å². The van der Waals surface area contributed by atoms with Gasteiger partial charge in [-0.1, -0.05) is 42.5 Å². The van der Waals surface area contributed by atoms with Crippen LogP contribution in [0.4, 0.5) is 0 Å². The summed E-state index contributed by atoms with van der Waals surface area (Å²) in [7, 11) is -2.69. The fourth-order valence-corrected chi connectivity index (χ4v) is 3.88. The normalized spacial score (nSPS) is 11.1. The van der Waals surface area contributed by atoms with E-state index in [2.05, 4.69) is 4.74 Å². The lowest BCUT2D eigenvalue weighted by Gasteiger charge is -2.22. The summed E-state index contributed by atoms with van der Waals surface area (Å²) in [6.07, 6.45) is -0.0721. The molecule has 0 spiro atoms. The zero-order valence-electron chi connectivity index (χ0n) is 13.8. The van der Waals surface area contributed by atoms with Gasteiger partial charge in [0.05, 0.1) is 24.0 Å². The van der Waals surface area contributed by atoms with E-state index >= 15 is 0 Å². The van der Waals surface area contributed by atoms with Gasteiger partial charge in [0, 0.05) is 13.1 Å². The van der Waals surface area contributed by atoms with Crippen molar-refractivity contribution in [1.82, 2.24) is 4.31 Å². The fourth-order valence-electron chi connectivity index (χ4n) is 2.31. The molecule has 0 aliphatic heterocycles. The SMILES string of the molecule is COC(=O)CCN(Cc1ccccc1)S(=O)(=O)c1ccccc1C#N. The molecular weight excluding hydrogens is 340 g/mol. The van der Waals surface area contributed by atoms with Crippen molar-refractivity contribution in [1.29, 1.82) is 5.26 Å². The molecule has 0 heterocycles. The minimum atomic E-state index is -3.94. The van der Waals surface area contributed by atoms with Crippen LogP contribution in [0.5, 0.6) is 0 Å². The van der Waals surface area contributed by atoms with Crippen molar-refractivity contribution in [3.05, 3.63) is 65.7 Å². The highest BCUT2D eigenvalue weighted by Crippen LogP contribution is 2.22. The summed E-state index contributed by atoms with van der Waals surface area (Å²) in [6, 6.07) is 17.0. The van der Waals surface area contributed by atoms with Crippen molar-refractivity contribution in [2.24, 2.45) is 0 Å². The molecule has 2 rings (SSSR count). The first-order chi connectivity index (χ1) is 12.0. The van der Waals surface area contributed by atoms with E-state index < -0.39 is 16.0 Å². The van der Waals surface area contributed by atoms with Crippen LogP contribution in [0.15, 0.2) is 59.5 Å². The molecule has 0 aliphatic rings. The maximum atomic E-state index is 13.0. The summed E-state index contributed by atoms with van der Waals surface area (Å²) in [5, 5.41) is 9.20. The van der Waals surface area contributed by atoms with Gasteiger partial charge in [-0.15, -0.1) is 0 Å². The second-order valence-corrected chi connectivity index (χ2v) is 7.16. The van der Waals surface area contributed by atoms with Crippen LogP contribution in [0.3, 0.4) is 0 Å². The van der Waals surface area contributed by atoms with E-state index in [-0.39, 0.29) is 30.0 Å². The summed E-state index contributed by atoms with van der Waals surface area (Å²) in [4.78, 5) is 11.4. The van der Waals surface area contributed by atoms with E-state index in [9.17, 15) is 18.5 Å².